The fraction of sp³-hybridized carbons (Fsp3) is 0.763. The van der Waals surface area contributed by atoms with Crippen molar-refractivity contribution in [3.8, 4) is 0 Å². The topological polar surface area (TPSA) is 74.2 Å². The lowest BCUT2D eigenvalue weighted by Gasteiger charge is -2.49. The Morgan fingerprint density at radius 2 is 1.27 bits per heavy atom. The van der Waals surface area contributed by atoms with Crippen molar-refractivity contribution < 1.29 is 28.8 Å². The zero-order chi connectivity index (χ0) is 31.6. The van der Waals surface area contributed by atoms with Crippen molar-refractivity contribution in [2.45, 2.75) is 121 Å². The first-order valence-corrected chi connectivity index (χ1v) is 17.3. The van der Waals surface area contributed by atoms with Crippen molar-refractivity contribution in [3.05, 3.63) is 49.6 Å². The highest BCUT2D eigenvalue weighted by Gasteiger charge is 2.65. The Balaban J connectivity index is 0.000000175. The van der Waals surface area contributed by atoms with Gasteiger partial charge in [-0.05, 0) is 88.4 Å². The summed E-state index contributed by atoms with van der Waals surface area (Å²) in [7, 11) is 0. The Morgan fingerprint density at radius 3 is 1.77 bits per heavy atom. The highest BCUT2D eigenvalue weighted by Crippen LogP contribution is 2.64. The number of fused-ring (bicyclic) bond motifs is 4. The molecule has 4 aliphatic carbocycles. The zero-order valence-corrected chi connectivity index (χ0v) is 27.6. The molecule has 246 valence electrons. The number of aliphatic hydroxyl groups is 1. The lowest BCUT2D eigenvalue weighted by atomic mass is 9.59. The first kappa shape index (κ1) is 33.8. The number of hydrogen-bond donors (Lipinski definition) is 1. The molecule has 0 aromatic carbocycles. The molecule has 2 heterocycles. The van der Waals surface area contributed by atoms with E-state index in [0.717, 1.165) is 75.4 Å². The predicted octanol–water partition coefficient (Wildman–Crippen LogP) is 7.87. The van der Waals surface area contributed by atoms with Crippen LogP contribution in [-0.4, -0.2) is 55.0 Å². The van der Waals surface area contributed by atoms with Crippen LogP contribution in [-0.2, 0) is 23.7 Å². The van der Waals surface area contributed by atoms with Gasteiger partial charge in [-0.2, -0.15) is 0 Å². The maximum Gasteiger partial charge on any atom is 0.172 e. The Hall–Kier alpha value is -1.57. The Kier molecular flexibility index (Phi) is 10.5. The molecule has 6 nitrogen and oxygen atoms in total. The number of hydrogen-bond acceptors (Lipinski definition) is 6. The van der Waals surface area contributed by atoms with Gasteiger partial charge < -0.3 is 24.1 Å². The van der Waals surface area contributed by atoms with Gasteiger partial charge in [0.2, 0.25) is 0 Å². The Labute approximate surface area is 266 Å². The van der Waals surface area contributed by atoms with E-state index >= 15 is 0 Å². The molecule has 0 bridgehead atoms. The minimum Gasteiger partial charge on any atom is -0.392 e. The molecule has 7 atom stereocenters. The van der Waals surface area contributed by atoms with Gasteiger partial charge in [-0.25, -0.2) is 0 Å². The van der Waals surface area contributed by atoms with E-state index in [0.29, 0.717) is 45.1 Å². The van der Waals surface area contributed by atoms with Crippen LogP contribution in [0.1, 0.15) is 104 Å². The quantitative estimate of drug-likeness (QED) is 0.254. The van der Waals surface area contributed by atoms with Crippen LogP contribution in [0.4, 0.5) is 0 Å². The van der Waals surface area contributed by atoms with Gasteiger partial charge >= 0.3 is 0 Å². The molecule has 2 aliphatic heterocycles. The minimum absolute atomic E-state index is 0.0472. The first-order chi connectivity index (χ1) is 21.1. The van der Waals surface area contributed by atoms with E-state index in [1.807, 2.05) is 19.9 Å². The zero-order valence-electron chi connectivity index (χ0n) is 27.6. The summed E-state index contributed by atoms with van der Waals surface area (Å²) in [4.78, 5) is 12.8. The van der Waals surface area contributed by atoms with Gasteiger partial charge in [0.05, 0.1) is 32.5 Å². The average Bonchev–Trinajstić information content (AvgIpc) is 3.77. The van der Waals surface area contributed by atoms with Crippen molar-refractivity contribution >= 4 is 5.78 Å². The first-order valence-electron chi connectivity index (χ1n) is 17.3. The molecule has 2 spiro atoms. The molecule has 0 radical (unpaired) electrons. The van der Waals surface area contributed by atoms with E-state index in [1.54, 1.807) is 0 Å². The number of rotatable bonds is 10. The van der Waals surface area contributed by atoms with E-state index in [4.69, 9.17) is 18.9 Å². The van der Waals surface area contributed by atoms with E-state index in [2.05, 4.69) is 32.4 Å². The van der Waals surface area contributed by atoms with E-state index in [9.17, 15) is 9.90 Å². The summed E-state index contributed by atoms with van der Waals surface area (Å²) in [5.74, 6) is 0.107. The fourth-order valence-corrected chi connectivity index (χ4v) is 10.7. The van der Waals surface area contributed by atoms with Crippen LogP contribution in [0, 0.1) is 34.5 Å². The van der Waals surface area contributed by atoms with Gasteiger partial charge in [-0.3, -0.25) is 4.79 Å². The fourth-order valence-electron chi connectivity index (χ4n) is 10.7. The van der Waals surface area contributed by atoms with Gasteiger partial charge in [0.25, 0.3) is 0 Å². The molecule has 0 amide bonds. The van der Waals surface area contributed by atoms with Gasteiger partial charge in [0, 0.05) is 37.0 Å². The molecule has 6 heteroatoms. The van der Waals surface area contributed by atoms with Crippen molar-refractivity contribution in [2.75, 3.05) is 26.4 Å². The molecule has 2 saturated heterocycles. The summed E-state index contributed by atoms with van der Waals surface area (Å²) < 4.78 is 24.5. The van der Waals surface area contributed by atoms with Crippen LogP contribution in [0.2, 0.25) is 0 Å². The molecular formula is C38H58O6. The third-order valence-corrected chi connectivity index (χ3v) is 12.0. The molecule has 1 N–H and O–H groups in total. The number of ketones is 1. The maximum atomic E-state index is 12.8. The smallest absolute Gasteiger partial charge is 0.172 e. The second-order valence-electron chi connectivity index (χ2n) is 15.1. The number of ether oxygens (including phenoxy) is 4. The highest BCUT2D eigenvalue weighted by atomic mass is 16.7. The SMILES string of the molecule is C=CCC12CCCC(C(=O)CC(=C)C)C1C1(CC2)OCCO1.C=CCC12CCCC([C@@H](O)CC(=C)C)C1C1(CC2)OCCO1. The predicted molar refractivity (Wildman–Crippen MR) is 174 cm³/mol. The Bertz CT molecular complexity index is 1080. The molecule has 6 unspecified atom stereocenters. The summed E-state index contributed by atoms with van der Waals surface area (Å²) in [6, 6.07) is 0. The number of carbonyl (C=O) groups is 1. The number of allylic oxidation sites excluding steroid dienone is 3. The molecule has 44 heavy (non-hydrogen) atoms. The standard InChI is InChI=1S/C19H30O3.C19H28O3/c2*1-4-7-18-8-5-6-15(16(20)13-14(2)3)17(18)19(10-9-18)21-11-12-22-19/h4,15-17,20H,1-2,5-13H2,3H3;4,15,17H,1-2,5-13H2,3H3/t15?,16-,17?,18?;/m0./s1. The highest BCUT2D eigenvalue weighted by molar-refractivity contribution is 5.83. The van der Waals surface area contributed by atoms with E-state index in [-0.39, 0.29) is 40.6 Å². The summed E-state index contributed by atoms with van der Waals surface area (Å²) in [5, 5.41) is 10.8. The molecular weight excluding hydrogens is 552 g/mol. The maximum absolute atomic E-state index is 12.8. The number of Topliss-reactive ketones (excluding diaryl/α,β-unsaturated/α-hetero) is 1. The van der Waals surface area contributed by atoms with Gasteiger partial charge in [-0.1, -0.05) is 42.7 Å². The van der Waals surface area contributed by atoms with E-state index in [1.165, 1.54) is 12.8 Å². The average molecular weight is 611 g/mol. The molecule has 6 aliphatic rings. The monoisotopic (exact) mass is 610 g/mol. The summed E-state index contributed by atoms with van der Waals surface area (Å²) in [6.45, 7) is 22.5. The Morgan fingerprint density at radius 1 is 0.773 bits per heavy atom. The summed E-state index contributed by atoms with van der Waals surface area (Å²) in [6.07, 6.45) is 17.6. The van der Waals surface area contributed by atoms with Crippen molar-refractivity contribution in [1.82, 2.24) is 0 Å². The van der Waals surface area contributed by atoms with Gasteiger partial charge in [-0.15, -0.1) is 19.7 Å². The molecule has 6 rings (SSSR count). The van der Waals surface area contributed by atoms with Crippen LogP contribution >= 0.6 is 0 Å². The van der Waals surface area contributed by atoms with E-state index < -0.39 is 11.6 Å². The van der Waals surface area contributed by atoms with Crippen molar-refractivity contribution in [1.29, 1.82) is 0 Å². The van der Waals surface area contributed by atoms with Crippen LogP contribution in [0.15, 0.2) is 49.6 Å². The third-order valence-electron chi connectivity index (χ3n) is 12.0. The van der Waals surface area contributed by atoms with Crippen LogP contribution < -0.4 is 0 Å². The minimum atomic E-state index is -0.515. The number of carbonyl (C=O) groups excluding carboxylic acids is 1. The second-order valence-corrected chi connectivity index (χ2v) is 15.1. The summed E-state index contributed by atoms with van der Waals surface area (Å²) in [5.41, 5.74) is 2.34. The lowest BCUT2D eigenvalue weighted by Crippen LogP contribution is -2.51. The van der Waals surface area contributed by atoms with Crippen molar-refractivity contribution in [3.63, 3.8) is 0 Å². The second kappa shape index (κ2) is 13.7. The normalized spacial score (nSPS) is 37.1. The molecule has 0 aromatic heterocycles. The molecule has 0 aromatic rings. The molecule has 6 fully saturated rings. The molecule has 4 saturated carbocycles. The van der Waals surface area contributed by atoms with Crippen LogP contribution in [0.25, 0.3) is 0 Å². The van der Waals surface area contributed by atoms with Crippen LogP contribution in [0.3, 0.4) is 0 Å². The van der Waals surface area contributed by atoms with Crippen LogP contribution in [0.5, 0.6) is 0 Å². The lowest BCUT2D eigenvalue weighted by molar-refractivity contribution is -0.223. The van der Waals surface area contributed by atoms with Gasteiger partial charge in [0.1, 0.15) is 5.78 Å². The summed E-state index contributed by atoms with van der Waals surface area (Å²) >= 11 is 0. The third kappa shape index (κ3) is 6.23. The van der Waals surface area contributed by atoms with Crippen molar-refractivity contribution in [2.24, 2.45) is 34.5 Å². The van der Waals surface area contributed by atoms with Gasteiger partial charge in [0.15, 0.2) is 11.6 Å². The number of aliphatic hydroxyl groups excluding tert-OH is 1. The largest absolute Gasteiger partial charge is 0.392 e.